The molecule has 0 saturated heterocycles. The molecule has 5 heteroatoms. The average molecular weight is 182 g/mol. The third-order valence-corrected chi connectivity index (χ3v) is 2.40. The lowest BCUT2D eigenvalue weighted by Gasteiger charge is -1.97. The molecule has 0 atom stereocenters. The van der Waals surface area contributed by atoms with E-state index in [4.69, 9.17) is 5.26 Å². The molecule has 0 aromatic carbocycles. The van der Waals surface area contributed by atoms with E-state index in [0.717, 1.165) is 6.26 Å². The van der Waals surface area contributed by atoms with E-state index in [1.165, 1.54) is 18.3 Å². The Balaban J connectivity index is 3.47. The van der Waals surface area contributed by atoms with Gasteiger partial charge >= 0.3 is 0 Å². The minimum atomic E-state index is -3.33. The van der Waals surface area contributed by atoms with E-state index in [-0.39, 0.29) is 10.6 Å². The van der Waals surface area contributed by atoms with Crippen LogP contribution < -0.4 is 0 Å². The van der Waals surface area contributed by atoms with Crippen molar-refractivity contribution in [2.24, 2.45) is 0 Å². The highest BCUT2D eigenvalue weighted by Gasteiger charge is 2.12. The highest BCUT2D eigenvalue weighted by Crippen LogP contribution is 2.10. The SMILES string of the molecule is CS(=O)(=O)c1cccnc1C#N. The predicted octanol–water partition coefficient (Wildman–Crippen LogP) is 0.357. The van der Waals surface area contributed by atoms with Crippen LogP contribution in [0.1, 0.15) is 5.69 Å². The van der Waals surface area contributed by atoms with Crippen molar-refractivity contribution in [3.05, 3.63) is 24.0 Å². The molecule has 0 aliphatic heterocycles. The average Bonchev–Trinajstić information content (AvgIpc) is 2.03. The van der Waals surface area contributed by atoms with Crippen molar-refractivity contribution < 1.29 is 8.42 Å². The Morgan fingerprint density at radius 2 is 2.25 bits per heavy atom. The van der Waals surface area contributed by atoms with Crippen LogP contribution in [0.4, 0.5) is 0 Å². The number of nitriles is 1. The summed E-state index contributed by atoms with van der Waals surface area (Å²) in [7, 11) is -3.33. The molecule has 0 N–H and O–H groups in total. The van der Waals surface area contributed by atoms with Crippen LogP contribution in [0.25, 0.3) is 0 Å². The molecule has 0 bridgehead atoms. The molecular formula is C7H6N2O2S. The lowest BCUT2D eigenvalue weighted by molar-refractivity contribution is 0.601. The van der Waals surface area contributed by atoms with Crippen LogP contribution >= 0.6 is 0 Å². The Kier molecular flexibility index (Phi) is 2.11. The molecular weight excluding hydrogens is 176 g/mol. The lowest BCUT2D eigenvalue weighted by Crippen LogP contribution is -2.01. The molecule has 1 heterocycles. The highest BCUT2D eigenvalue weighted by molar-refractivity contribution is 7.90. The zero-order chi connectivity index (χ0) is 9.19. The molecule has 0 aliphatic rings. The Morgan fingerprint density at radius 3 is 2.67 bits per heavy atom. The fourth-order valence-corrected chi connectivity index (χ4v) is 1.55. The fourth-order valence-electron chi connectivity index (χ4n) is 0.774. The molecule has 1 aromatic rings. The second-order valence-corrected chi connectivity index (χ2v) is 4.22. The van der Waals surface area contributed by atoms with Crippen LogP contribution in [0.3, 0.4) is 0 Å². The van der Waals surface area contributed by atoms with E-state index in [9.17, 15) is 8.42 Å². The minimum Gasteiger partial charge on any atom is -0.244 e. The first kappa shape index (κ1) is 8.68. The summed E-state index contributed by atoms with van der Waals surface area (Å²) in [5.74, 6) is 0. The lowest BCUT2D eigenvalue weighted by atomic mass is 10.4. The second-order valence-electron chi connectivity index (χ2n) is 2.23. The maximum atomic E-state index is 11.0. The molecule has 1 rings (SSSR count). The van der Waals surface area contributed by atoms with Crippen LogP contribution in [0.15, 0.2) is 23.2 Å². The molecule has 1 aromatic heterocycles. The van der Waals surface area contributed by atoms with Crippen LogP contribution in [-0.4, -0.2) is 19.7 Å². The van der Waals surface area contributed by atoms with Gasteiger partial charge in [-0.2, -0.15) is 5.26 Å². The first-order valence-electron chi connectivity index (χ1n) is 3.11. The van der Waals surface area contributed by atoms with Gasteiger partial charge < -0.3 is 0 Å². The van der Waals surface area contributed by atoms with Crippen LogP contribution in [0.2, 0.25) is 0 Å². The fraction of sp³-hybridized carbons (Fsp3) is 0.143. The van der Waals surface area contributed by atoms with Gasteiger partial charge in [0.25, 0.3) is 0 Å². The maximum Gasteiger partial charge on any atom is 0.178 e. The number of hydrogen-bond donors (Lipinski definition) is 0. The Hall–Kier alpha value is -1.41. The highest BCUT2D eigenvalue weighted by atomic mass is 32.2. The minimum absolute atomic E-state index is 0.0208. The van der Waals surface area contributed by atoms with Gasteiger partial charge in [-0.3, -0.25) is 0 Å². The van der Waals surface area contributed by atoms with Crippen molar-refractivity contribution >= 4 is 9.84 Å². The van der Waals surface area contributed by atoms with E-state index >= 15 is 0 Å². The Bertz CT molecular complexity index is 431. The molecule has 12 heavy (non-hydrogen) atoms. The summed E-state index contributed by atoms with van der Waals surface area (Å²) in [4.78, 5) is 3.60. The number of sulfone groups is 1. The number of aromatic nitrogens is 1. The van der Waals surface area contributed by atoms with Crippen molar-refractivity contribution in [3.8, 4) is 6.07 Å². The molecule has 4 nitrogen and oxygen atoms in total. The van der Waals surface area contributed by atoms with Crippen molar-refractivity contribution in [2.75, 3.05) is 6.26 Å². The molecule has 0 saturated carbocycles. The summed E-state index contributed by atoms with van der Waals surface area (Å²) in [6.07, 6.45) is 2.43. The van der Waals surface area contributed by atoms with E-state index in [0.29, 0.717) is 0 Å². The largest absolute Gasteiger partial charge is 0.244 e. The first-order valence-corrected chi connectivity index (χ1v) is 5.00. The topological polar surface area (TPSA) is 70.8 Å². The van der Waals surface area contributed by atoms with Gasteiger partial charge in [-0.25, -0.2) is 13.4 Å². The van der Waals surface area contributed by atoms with Crippen molar-refractivity contribution in [1.29, 1.82) is 5.26 Å². The molecule has 0 radical (unpaired) electrons. The van der Waals surface area contributed by atoms with Gasteiger partial charge in [0.2, 0.25) is 0 Å². The van der Waals surface area contributed by atoms with E-state index in [1.807, 2.05) is 0 Å². The van der Waals surface area contributed by atoms with Crippen LogP contribution in [0.5, 0.6) is 0 Å². The van der Waals surface area contributed by atoms with E-state index in [1.54, 1.807) is 6.07 Å². The maximum absolute atomic E-state index is 11.0. The van der Waals surface area contributed by atoms with Gasteiger partial charge in [-0.05, 0) is 12.1 Å². The summed E-state index contributed by atoms with van der Waals surface area (Å²) in [5.41, 5.74) is -0.0556. The molecule has 0 unspecified atom stereocenters. The second kappa shape index (κ2) is 2.91. The third kappa shape index (κ3) is 1.60. The quantitative estimate of drug-likeness (QED) is 0.628. The Morgan fingerprint density at radius 1 is 1.58 bits per heavy atom. The molecule has 0 spiro atoms. The molecule has 0 fully saturated rings. The number of pyridine rings is 1. The van der Waals surface area contributed by atoms with Crippen molar-refractivity contribution in [2.45, 2.75) is 4.90 Å². The van der Waals surface area contributed by atoms with Crippen LogP contribution in [0, 0.1) is 11.3 Å². The standard InChI is InChI=1S/C7H6N2O2S/c1-12(10,11)7-3-2-4-9-6(7)5-8/h2-4H,1H3. The third-order valence-electron chi connectivity index (χ3n) is 1.28. The molecule has 0 aliphatic carbocycles. The summed E-state index contributed by atoms with van der Waals surface area (Å²) >= 11 is 0. The summed E-state index contributed by atoms with van der Waals surface area (Å²) in [6, 6.07) is 4.56. The zero-order valence-electron chi connectivity index (χ0n) is 6.35. The Labute approximate surface area is 70.4 Å². The van der Waals surface area contributed by atoms with Crippen molar-refractivity contribution in [3.63, 3.8) is 0 Å². The monoisotopic (exact) mass is 182 g/mol. The smallest absolute Gasteiger partial charge is 0.178 e. The van der Waals surface area contributed by atoms with Crippen LogP contribution in [-0.2, 0) is 9.84 Å². The van der Waals surface area contributed by atoms with Gasteiger partial charge in [-0.1, -0.05) is 0 Å². The normalized spacial score (nSPS) is 10.7. The van der Waals surface area contributed by atoms with Gasteiger partial charge in [0.05, 0.1) is 0 Å². The summed E-state index contributed by atoms with van der Waals surface area (Å²) in [6.45, 7) is 0. The number of hydrogen-bond acceptors (Lipinski definition) is 4. The summed E-state index contributed by atoms with van der Waals surface area (Å²) < 4.78 is 22.0. The van der Waals surface area contributed by atoms with Gasteiger partial charge in [-0.15, -0.1) is 0 Å². The summed E-state index contributed by atoms with van der Waals surface area (Å²) in [5, 5.41) is 8.50. The molecule has 62 valence electrons. The predicted molar refractivity (Wildman–Crippen MR) is 42.1 cm³/mol. The number of rotatable bonds is 1. The van der Waals surface area contributed by atoms with Gasteiger partial charge in [0.1, 0.15) is 11.0 Å². The number of nitrogens with zero attached hydrogens (tertiary/aromatic N) is 2. The first-order chi connectivity index (χ1) is 5.55. The van der Waals surface area contributed by atoms with Gasteiger partial charge in [0, 0.05) is 12.5 Å². The van der Waals surface area contributed by atoms with Gasteiger partial charge in [0.15, 0.2) is 15.5 Å². The zero-order valence-corrected chi connectivity index (χ0v) is 7.17. The van der Waals surface area contributed by atoms with Crippen molar-refractivity contribution in [1.82, 2.24) is 4.98 Å². The van der Waals surface area contributed by atoms with E-state index in [2.05, 4.69) is 4.98 Å². The van der Waals surface area contributed by atoms with E-state index < -0.39 is 9.84 Å². The molecule has 0 amide bonds.